The highest BCUT2D eigenvalue weighted by atomic mass is 19.4. The Morgan fingerprint density at radius 2 is 1.83 bits per heavy atom. The number of anilines is 1. The quantitative estimate of drug-likeness (QED) is 0.334. The van der Waals surface area contributed by atoms with Crippen LogP contribution in [0, 0.1) is 18.8 Å². The summed E-state index contributed by atoms with van der Waals surface area (Å²) in [5.74, 6) is 4.65. The summed E-state index contributed by atoms with van der Waals surface area (Å²) < 4.78 is 44.4. The van der Waals surface area contributed by atoms with Crippen molar-refractivity contribution < 1.29 is 22.8 Å². The van der Waals surface area contributed by atoms with Crippen molar-refractivity contribution in [2.45, 2.75) is 32.5 Å². The van der Waals surface area contributed by atoms with Crippen LogP contribution in [-0.4, -0.2) is 48.9 Å². The summed E-state index contributed by atoms with van der Waals surface area (Å²) in [5.41, 5.74) is 7.33. The molecule has 3 heterocycles. The maximum Gasteiger partial charge on any atom is 0.416 e. The summed E-state index contributed by atoms with van der Waals surface area (Å²) in [6, 6.07) is 8.22. The van der Waals surface area contributed by atoms with Crippen molar-refractivity contribution in [1.82, 2.24) is 24.0 Å². The summed E-state index contributed by atoms with van der Waals surface area (Å²) in [4.78, 5) is 35.2. The molecule has 3 N–H and O–H groups in total. The zero-order chi connectivity index (χ0) is 30.0. The average Bonchev–Trinajstić information content (AvgIpc) is 3.70. The van der Waals surface area contributed by atoms with Gasteiger partial charge in [-0.15, -0.1) is 0 Å². The number of amides is 2. The van der Waals surface area contributed by atoms with E-state index in [4.69, 9.17) is 5.73 Å². The van der Waals surface area contributed by atoms with Crippen LogP contribution < -0.4 is 11.1 Å². The maximum absolute atomic E-state index is 13.8. The van der Waals surface area contributed by atoms with Crippen LogP contribution in [0.3, 0.4) is 0 Å². The Bertz CT molecular complexity index is 1720. The Kier molecular flexibility index (Phi) is 7.87. The lowest BCUT2D eigenvalue weighted by atomic mass is 10.0. The van der Waals surface area contributed by atoms with E-state index in [2.05, 4.69) is 32.0 Å². The minimum absolute atomic E-state index is 0.0123. The van der Waals surface area contributed by atoms with Crippen molar-refractivity contribution in [3.05, 3.63) is 94.6 Å². The molecule has 0 bridgehead atoms. The highest BCUT2D eigenvalue weighted by Gasteiger charge is 2.31. The van der Waals surface area contributed by atoms with Gasteiger partial charge in [0.05, 0.1) is 23.8 Å². The molecule has 216 valence electrons. The Hall–Kier alpha value is -4.89. The van der Waals surface area contributed by atoms with Gasteiger partial charge in [-0.05, 0) is 74.7 Å². The van der Waals surface area contributed by atoms with Gasteiger partial charge in [0.1, 0.15) is 5.69 Å². The average molecular weight is 576 g/mol. The number of alkyl halides is 3. The third kappa shape index (κ3) is 6.37. The molecule has 0 aliphatic carbocycles. The fraction of sp³-hybridized carbons (Fsp3) is 0.267. The van der Waals surface area contributed by atoms with E-state index in [1.165, 1.54) is 27.7 Å². The monoisotopic (exact) mass is 575 g/mol. The first-order chi connectivity index (χ1) is 20.0. The Balaban J connectivity index is 1.40. The van der Waals surface area contributed by atoms with Crippen LogP contribution in [0.5, 0.6) is 0 Å². The minimum Gasteiger partial charge on any atom is -0.363 e. The number of aryl methyl sites for hydroxylation is 1. The molecule has 1 aliphatic heterocycles. The smallest absolute Gasteiger partial charge is 0.363 e. The molecule has 42 heavy (non-hydrogen) atoms. The molecule has 9 nitrogen and oxygen atoms in total. The van der Waals surface area contributed by atoms with E-state index >= 15 is 0 Å². The first-order valence-electron chi connectivity index (χ1n) is 13.2. The fourth-order valence-corrected chi connectivity index (χ4v) is 4.74. The molecule has 1 aliphatic rings. The van der Waals surface area contributed by atoms with Crippen LogP contribution in [0.1, 0.15) is 61.9 Å². The number of aromatic nitrogens is 4. The molecule has 5 rings (SSSR count). The number of benzene rings is 2. The van der Waals surface area contributed by atoms with Crippen molar-refractivity contribution >= 4 is 17.5 Å². The van der Waals surface area contributed by atoms with Gasteiger partial charge in [0.2, 0.25) is 0 Å². The van der Waals surface area contributed by atoms with Gasteiger partial charge in [0, 0.05) is 42.3 Å². The third-order valence-corrected chi connectivity index (χ3v) is 7.06. The van der Waals surface area contributed by atoms with Gasteiger partial charge in [-0.3, -0.25) is 14.5 Å². The molecule has 12 heteroatoms. The van der Waals surface area contributed by atoms with E-state index in [1.54, 1.807) is 31.4 Å². The van der Waals surface area contributed by atoms with E-state index in [-0.39, 0.29) is 22.8 Å². The minimum atomic E-state index is -4.62. The lowest BCUT2D eigenvalue weighted by Gasteiger charge is -2.14. The number of hydrogen-bond donors (Lipinski definition) is 2. The van der Waals surface area contributed by atoms with Crippen molar-refractivity contribution in [3.63, 3.8) is 0 Å². The number of nitrogens with two attached hydrogens (primary N) is 1. The lowest BCUT2D eigenvalue weighted by Crippen LogP contribution is -2.18. The van der Waals surface area contributed by atoms with Crippen LogP contribution in [0.2, 0.25) is 0 Å². The van der Waals surface area contributed by atoms with Gasteiger partial charge in [0.15, 0.2) is 5.82 Å². The van der Waals surface area contributed by atoms with Crippen LogP contribution >= 0.6 is 0 Å². The number of carbonyl (C=O) groups excluding carboxylic acids is 2. The predicted octanol–water partition coefficient (Wildman–Crippen LogP) is 4.28. The van der Waals surface area contributed by atoms with Gasteiger partial charge in [-0.2, -0.15) is 13.2 Å². The fourth-order valence-electron chi connectivity index (χ4n) is 4.74. The number of carbonyl (C=O) groups is 2. The zero-order valence-corrected chi connectivity index (χ0v) is 23.0. The molecule has 2 aromatic carbocycles. The SMILES string of the molecule is Cc1ccc(C(=O)Nc2cc(-n3cnc(CN4CCCC4)c3)cc(C(F)(F)F)c2)cc1C#Cc1cnc(C(N)=O)n1C. The number of halogens is 3. The molecule has 2 aromatic heterocycles. The van der Waals surface area contributed by atoms with Crippen LogP contribution in [0.4, 0.5) is 18.9 Å². The van der Waals surface area contributed by atoms with Crippen molar-refractivity contribution in [2.24, 2.45) is 12.8 Å². The second kappa shape index (κ2) is 11.5. The number of rotatable bonds is 6. The second-order valence-corrected chi connectivity index (χ2v) is 10.1. The number of primary amides is 1. The lowest BCUT2D eigenvalue weighted by molar-refractivity contribution is -0.137. The Labute approximate surface area is 240 Å². The van der Waals surface area contributed by atoms with Gasteiger partial charge in [0.25, 0.3) is 11.8 Å². The summed E-state index contributed by atoms with van der Waals surface area (Å²) >= 11 is 0. The highest BCUT2D eigenvalue weighted by molar-refractivity contribution is 6.04. The van der Waals surface area contributed by atoms with E-state index in [9.17, 15) is 22.8 Å². The maximum atomic E-state index is 13.8. The van der Waals surface area contributed by atoms with Crippen LogP contribution in [0.15, 0.2) is 55.1 Å². The van der Waals surface area contributed by atoms with E-state index in [0.717, 1.165) is 49.3 Å². The molecule has 0 saturated carbocycles. The largest absolute Gasteiger partial charge is 0.416 e. The Morgan fingerprint density at radius 3 is 2.52 bits per heavy atom. The molecule has 0 unspecified atom stereocenters. The summed E-state index contributed by atoms with van der Waals surface area (Å²) in [6.45, 7) is 4.38. The molecular weight excluding hydrogens is 547 g/mol. The molecule has 4 aromatic rings. The van der Waals surface area contributed by atoms with Crippen LogP contribution in [-0.2, 0) is 19.8 Å². The summed E-state index contributed by atoms with van der Waals surface area (Å²) in [5, 5.41) is 2.60. The van der Waals surface area contributed by atoms with Gasteiger partial charge < -0.3 is 20.2 Å². The normalized spacial score (nSPS) is 13.5. The zero-order valence-electron chi connectivity index (χ0n) is 23.0. The molecule has 0 atom stereocenters. The first kappa shape index (κ1) is 28.6. The molecule has 2 amide bonds. The molecule has 0 spiro atoms. The standard InChI is InChI=1S/C30H28F3N7O2/c1-19-5-6-21(11-20(19)7-8-25-15-35-28(27(34)41)38(25)2)29(42)37-23-12-22(30(31,32)33)13-26(14-23)40-17-24(36-18-40)16-39-9-3-4-10-39/h5-6,11-15,17-18H,3-4,9-10,16H2,1-2H3,(H2,34,41)(H,37,42). The van der Waals surface area contributed by atoms with Crippen molar-refractivity contribution in [1.29, 1.82) is 0 Å². The number of hydrogen-bond acceptors (Lipinski definition) is 5. The van der Waals surface area contributed by atoms with Crippen molar-refractivity contribution in [2.75, 3.05) is 18.4 Å². The van der Waals surface area contributed by atoms with Gasteiger partial charge in [-0.1, -0.05) is 12.0 Å². The van der Waals surface area contributed by atoms with Crippen LogP contribution in [0.25, 0.3) is 5.69 Å². The highest BCUT2D eigenvalue weighted by Crippen LogP contribution is 2.33. The van der Waals surface area contributed by atoms with Gasteiger partial charge >= 0.3 is 6.18 Å². The molecule has 1 fully saturated rings. The number of nitrogens with one attached hydrogen (secondary N) is 1. The van der Waals surface area contributed by atoms with E-state index in [1.807, 2.05) is 6.92 Å². The first-order valence-corrected chi connectivity index (χ1v) is 13.2. The summed E-state index contributed by atoms with van der Waals surface area (Å²) in [6.07, 6.45) is 2.22. The second-order valence-electron chi connectivity index (χ2n) is 10.1. The number of nitrogens with zero attached hydrogens (tertiary/aromatic N) is 5. The molecule has 0 radical (unpaired) electrons. The Morgan fingerprint density at radius 1 is 1.07 bits per heavy atom. The van der Waals surface area contributed by atoms with E-state index < -0.39 is 23.6 Å². The topological polar surface area (TPSA) is 111 Å². The molecular formula is C30H28F3N7O2. The van der Waals surface area contributed by atoms with Gasteiger partial charge in [-0.25, -0.2) is 9.97 Å². The van der Waals surface area contributed by atoms with E-state index in [0.29, 0.717) is 17.8 Å². The third-order valence-electron chi connectivity index (χ3n) is 7.06. The number of likely N-dealkylation sites (tertiary alicyclic amines) is 1. The predicted molar refractivity (Wildman–Crippen MR) is 150 cm³/mol. The van der Waals surface area contributed by atoms with Crippen molar-refractivity contribution in [3.8, 4) is 17.5 Å². The summed E-state index contributed by atoms with van der Waals surface area (Å²) in [7, 11) is 1.61. The number of imidazole rings is 2. The molecule has 1 saturated heterocycles.